The van der Waals surface area contributed by atoms with E-state index in [1.807, 2.05) is 69.3 Å². The predicted octanol–water partition coefficient (Wildman–Crippen LogP) is 4.74. The Morgan fingerprint density at radius 3 is 2.28 bits per heavy atom. The smallest absolute Gasteiger partial charge is 0.249 e. The van der Waals surface area contributed by atoms with Crippen LogP contribution in [0.15, 0.2) is 59.6 Å². The van der Waals surface area contributed by atoms with Gasteiger partial charge in [0, 0.05) is 21.6 Å². The number of anilines is 1. The van der Waals surface area contributed by atoms with Gasteiger partial charge in [0.1, 0.15) is 11.5 Å². The van der Waals surface area contributed by atoms with Crippen molar-refractivity contribution < 1.29 is 9.59 Å². The second kappa shape index (κ2) is 7.76. The third-order valence-corrected chi connectivity index (χ3v) is 6.08. The van der Waals surface area contributed by atoms with E-state index in [-0.39, 0.29) is 24.8 Å². The molecule has 1 aliphatic heterocycles. The quantitative estimate of drug-likeness (QED) is 0.592. The molecule has 1 aliphatic rings. The van der Waals surface area contributed by atoms with E-state index in [1.165, 1.54) is 16.9 Å². The maximum Gasteiger partial charge on any atom is 0.249 e. The highest BCUT2D eigenvalue weighted by Gasteiger charge is 2.29. The number of nitrogens with zero attached hydrogens (tertiary/aromatic N) is 2. The Bertz CT molecular complexity index is 1110. The number of fused-ring (bicyclic) bond motifs is 1. The highest BCUT2D eigenvalue weighted by Crippen LogP contribution is 2.35. The molecule has 0 aliphatic carbocycles. The van der Waals surface area contributed by atoms with E-state index in [9.17, 15) is 9.59 Å². The summed E-state index contributed by atoms with van der Waals surface area (Å²) in [6, 6.07) is 17.7. The predicted molar refractivity (Wildman–Crippen MR) is 119 cm³/mol. The summed E-state index contributed by atoms with van der Waals surface area (Å²) in [7, 11) is 0. The van der Waals surface area contributed by atoms with Crippen LogP contribution in [0.4, 0.5) is 5.00 Å². The highest BCUT2D eigenvalue weighted by molar-refractivity contribution is 7.16. The minimum absolute atomic E-state index is 0.0194. The second-order valence-electron chi connectivity index (χ2n) is 7.38. The summed E-state index contributed by atoms with van der Waals surface area (Å²) >= 11 is 1.53. The van der Waals surface area contributed by atoms with Crippen LogP contribution in [0, 0.1) is 20.8 Å². The molecule has 1 aromatic heterocycles. The molecule has 146 valence electrons. The maximum absolute atomic E-state index is 12.9. The van der Waals surface area contributed by atoms with Gasteiger partial charge in [-0.1, -0.05) is 59.7 Å². The lowest BCUT2D eigenvalue weighted by Gasteiger charge is -2.19. The van der Waals surface area contributed by atoms with Crippen molar-refractivity contribution in [3.8, 4) is 0 Å². The zero-order valence-corrected chi connectivity index (χ0v) is 17.5. The number of hydrogen-bond acceptors (Lipinski definition) is 4. The van der Waals surface area contributed by atoms with Crippen LogP contribution in [0.2, 0.25) is 0 Å². The molecule has 0 saturated carbocycles. The molecule has 1 amide bonds. The van der Waals surface area contributed by atoms with Gasteiger partial charge in [0.25, 0.3) is 0 Å². The average molecular weight is 403 g/mol. The molecule has 29 heavy (non-hydrogen) atoms. The van der Waals surface area contributed by atoms with Crippen LogP contribution < -0.4 is 4.90 Å². The van der Waals surface area contributed by atoms with Crippen molar-refractivity contribution in [2.75, 3.05) is 18.0 Å². The first-order valence-electron chi connectivity index (χ1n) is 9.55. The van der Waals surface area contributed by atoms with E-state index >= 15 is 0 Å². The standard InChI is InChI=1S/C24H22N2O2S/c1-15-4-8-18(9-5-15)21(27)14-26-22(28)13-25-23(19-10-6-16(2)7-11-19)20-12-17(3)29-24(20)26/h4-12H,13-14H2,1-3H3. The molecule has 0 bridgehead atoms. The van der Waals surface area contributed by atoms with E-state index in [1.54, 1.807) is 4.90 Å². The van der Waals surface area contributed by atoms with Gasteiger partial charge in [-0.05, 0) is 26.8 Å². The van der Waals surface area contributed by atoms with Crippen LogP contribution in [0.5, 0.6) is 0 Å². The highest BCUT2D eigenvalue weighted by atomic mass is 32.1. The molecule has 0 atom stereocenters. The molecule has 2 aromatic carbocycles. The third-order valence-electron chi connectivity index (χ3n) is 5.01. The van der Waals surface area contributed by atoms with Gasteiger partial charge < -0.3 is 0 Å². The SMILES string of the molecule is Cc1ccc(C(=O)CN2C(=O)CN=C(c3ccc(C)cc3)c3cc(C)sc32)cc1. The summed E-state index contributed by atoms with van der Waals surface area (Å²) in [6.45, 7) is 6.09. The van der Waals surface area contributed by atoms with Gasteiger partial charge in [-0.2, -0.15) is 0 Å². The van der Waals surface area contributed by atoms with E-state index < -0.39 is 0 Å². The van der Waals surface area contributed by atoms with E-state index in [2.05, 4.69) is 11.1 Å². The Labute approximate surface area is 174 Å². The van der Waals surface area contributed by atoms with Crippen LogP contribution in [-0.2, 0) is 4.79 Å². The number of hydrogen-bond donors (Lipinski definition) is 0. The summed E-state index contributed by atoms with van der Waals surface area (Å²) in [5.41, 5.74) is 5.59. The molecular weight excluding hydrogens is 380 g/mol. The summed E-state index contributed by atoms with van der Waals surface area (Å²) < 4.78 is 0. The number of Topliss-reactive ketones (excluding diaryl/α,β-unsaturated/α-hetero) is 1. The van der Waals surface area contributed by atoms with Gasteiger partial charge in [0.2, 0.25) is 5.91 Å². The summed E-state index contributed by atoms with van der Waals surface area (Å²) in [4.78, 5) is 33.1. The zero-order valence-electron chi connectivity index (χ0n) is 16.7. The van der Waals surface area contributed by atoms with Gasteiger partial charge >= 0.3 is 0 Å². The molecule has 4 nitrogen and oxygen atoms in total. The van der Waals surface area contributed by atoms with Crippen LogP contribution in [-0.4, -0.2) is 30.5 Å². The van der Waals surface area contributed by atoms with Crippen molar-refractivity contribution in [2.24, 2.45) is 4.99 Å². The van der Waals surface area contributed by atoms with Gasteiger partial charge in [0.15, 0.2) is 5.78 Å². The van der Waals surface area contributed by atoms with Crippen molar-refractivity contribution in [1.82, 2.24) is 0 Å². The molecule has 0 fully saturated rings. The molecule has 0 saturated heterocycles. The number of amides is 1. The molecule has 2 heterocycles. The Balaban J connectivity index is 1.71. The van der Waals surface area contributed by atoms with E-state index in [4.69, 9.17) is 0 Å². The molecule has 3 aromatic rings. The first-order chi connectivity index (χ1) is 13.9. The number of carbonyl (C=O) groups excluding carboxylic acids is 2. The number of benzene rings is 2. The topological polar surface area (TPSA) is 49.7 Å². The number of aryl methyl sites for hydroxylation is 3. The van der Waals surface area contributed by atoms with E-state index in [0.717, 1.165) is 32.3 Å². The lowest BCUT2D eigenvalue weighted by Crippen LogP contribution is -2.36. The van der Waals surface area contributed by atoms with Crippen molar-refractivity contribution in [2.45, 2.75) is 20.8 Å². The summed E-state index contributed by atoms with van der Waals surface area (Å²) in [6.07, 6.45) is 0. The van der Waals surface area contributed by atoms with Gasteiger partial charge in [-0.25, -0.2) is 0 Å². The minimum atomic E-state index is -0.157. The summed E-state index contributed by atoms with van der Waals surface area (Å²) in [5, 5.41) is 0.796. The average Bonchev–Trinajstić information content (AvgIpc) is 3.03. The van der Waals surface area contributed by atoms with Gasteiger partial charge in [0.05, 0.1) is 12.3 Å². The molecule has 0 radical (unpaired) electrons. The maximum atomic E-state index is 12.9. The Morgan fingerprint density at radius 1 is 1.00 bits per heavy atom. The molecular formula is C24H22N2O2S. The number of ketones is 1. The minimum Gasteiger partial charge on any atom is -0.294 e. The second-order valence-corrected chi connectivity index (χ2v) is 8.61. The van der Waals surface area contributed by atoms with Crippen molar-refractivity contribution in [3.05, 3.63) is 87.3 Å². The fourth-order valence-electron chi connectivity index (χ4n) is 3.40. The molecule has 0 spiro atoms. The fourth-order valence-corrected chi connectivity index (χ4v) is 4.42. The number of carbonyl (C=O) groups is 2. The van der Waals surface area contributed by atoms with Crippen molar-refractivity contribution >= 4 is 33.7 Å². The fraction of sp³-hybridized carbons (Fsp3) is 0.208. The number of thiophene rings is 1. The lowest BCUT2D eigenvalue weighted by molar-refractivity contribution is -0.117. The van der Waals surface area contributed by atoms with E-state index in [0.29, 0.717) is 5.56 Å². The largest absolute Gasteiger partial charge is 0.294 e. The Kier molecular flexibility index (Phi) is 5.16. The van der Waals surface area contributed by atoms with Crippen LogP contribution in [0.1, 0.15) is 37.5 Å². The normalized spacial score (nSPS) is 13.7. The van der Waals surface area contributed by atoms with Crippen molar-refractivity contribution in [1.29, 1.82) is 0 Å². The third kappa shape index (κ3) is 3.91. The molecule has 0 N–H and O–H groups in total. The van der Waals surface area contributed by atoms with Crippen LogP contribution in [0.25, 0.3) is 0 Å². The lowest BCUT2D eigenvalue weighted by atomic mass is 10.0. The molecule has 4 rings (SSSR count). The first kappa shape index (κ1) is 19.3. The van der Waals surface area contributed by atoms with Gasteiger partial charge in [-0.15, -0.1) is 11.3 Å². The Morgan fingerprint density at radius 2 is 1.62 bits per heavy atom. The monoisotopic (exact) mass is 402 g/mol. The molecule has 0 unspecified atom stereocenters. The zero-order chi connectivity index (χ0) is 20.5. The first-order valence-corrected chi connectivity index (χ1v) is 10.4. The summed E-state index contributed by atoms with van der Waals surface area (Å²) in [5.74, 6) is -0.232. The van der Waals surface area contributed by atoms with Crippen LogP contribution >= 0.6 is 11.3 Å². The van der Waals surface area contributed by atoms with Crippen molar-refractivity contribution in [3.63, 3.8) is 0 Å². The van der Waals surface area contributed by atoms with Crippen LogP contribution in [0.3, 0.4) is 0 Å². The van der Waals surface area contributed by atoms with Gasteiger partial charge in [-0.3, -0.25) is 19.5 Å². The molecule has 5 heteroatoms. The number of aliphatic imine (C=N–C) groups is 1. The number of rotatable bonds is 4. The Hall–Kier alpha value is -3.05.